The van der Waals surface area contributed by atoms with Gasteiger partial charge in [0.05, 0.1) is 13.2 Å². The molecule has 33 heavy (non-hydrogen) atoms. The van der Waals surface area contributed by atoms with Crippen LogP contribution in [0.2, 0.25) is 0 Å². The Hall–Kier alpha value is -3.08. The average molecular weight is 447 g/mol. The molecule has 0 saturated carbocycles. The molecule has 3 N–H and O–H groups in total. The molecular formula is C29H34O4. The minimum Gasteiger partial charge on any atom is -0.508 e. The molecule has 0 radical (unpaired) electrons. The van der Waals surface area contributed by atoms with Crippen LogP contribution in [0.1, 0.15) is 54.9 Å². The topological polar surface area (TPSA) is 69.9 Å². The van der Waals surface area contributed by atoms with Crippen molar-refractivity contribution in [3.63, 3.8) is 0 Å². The summed E-state index contributed by atoms with van der Waals surface area (Å²) in [5, 5.41) is 28.5. The Morgan fingerprint density at radius 3 is 1.76 bits per heavy atom. The second-order valence-corrected chi connectivity index (χ2v) is 8.19. The van der Waals surface area contributed by atoms with E-state index in [-0.39, 0.29) is 18.1 Å². The maximum absolute atomic E-state index is 9.82. The van der Waals surface area contributed by atoms with Crippen LogP contribution in [-0.2, 0) is 11.2 Å². The summed E-state index contributed by atoms with van der Waals surface area (Å²) in [5.74, 6) is 0.484. The Kier molecular flexibility index (Phi) is 9.55. The summed E-state index contributed by atoms with van der Waals surface area (Å²) in [6, 6.07) is 23.4. The minimum atomic E-state index is 0.0615. The van der Waals surface area contributed by atoms with Gasteiger partial charge < -0.3 is 20.1 Å². The summed E-state index contributed by atoms with van der Waals surface area (Å²) in [4.78, 5) is 0. The number of ether oxygens (including phenoxy) is 1. The van der Waals surface area contributed by atoms with E-state index in [9.17, 15) is 10.2 Å². The molecule has 174 valence electrons. The number of rotatable bonds is 12. The van der Waals surface area contributed by atoms with Gasteiger partial charge in [-0.3, -0.25) is 0 Å². The highest BCUT2D eigenvalue weighted by molar-refractivity contribution is 5.98. The Morgan fingerprint density at radius 1 is 0.697 bits per heavy atom. The van der Waals surface area contributed by atoms with Crippen LogP contribution >= 0.6 is 0 Å². The number of allylic oxidation sites excluding steroid dienone is 1. The standard InChI is InChI=1S/C29H34O4/c1-2-3-6-28(23-9-7-22(8-10-23)5-4-20-33-21-19-30)29(24-11-15-26(31)16-12-24)25-13-17-27(32)18-14-25/h7-18,30-32H,2-6,19-21H2,1H3. The number of aliphatic hydroxyl groups excluding tert-OH is 1. The third-order valence-electron chi connectivity index (χ3n) is 5.69. The molecule has 0 aliphatic carbocycles. The molecule has 3 aromatic rings. The van der Waals surface area contributed by atoms with Crippen LogP contribution in [-0.4, -0.2) is 35.1 Å². The lowest BCUT2D eigenvalue weighted by molar-refractivity contribution is 0.0909. The Balaban J connectivity index is 1.98. The largest absolute Gasteiger partial charge is 0.508 e. The van der Waals surface area contributed by atoms with Gasteiger partial charge in [0.25, 0.3) is 0 Å². The second-order valence-electron chi connectivity index (χ2n) is 8.19. The zero-order chi connectivity index (χ0) is 23.5. The Bertz CT molecular complexity index is 955. The molecule has 0 saturated heterocycles. The normalized spacial score (nSPS) is 10.8. The number of hydrogen-bond acceptors (Lipinski definition) is 4. The van der Waals surface area contributed by atoms with E-state index in [1.165, 1.54) is 16.7 Å². The highest BCUT2D eigenvalue weighted by atomic mass is 16.5. The lowest BCUT2D eigenvalue weighted by atomic mass is 9.86. The van der Waals surface area contributed by atoms with Crippen LogP contribution in [0.25, 0.3) is 11.1 Å². The van der Waals surface area contributed by atoms with Crippen molar-refractivity contribution in [1.82, 2.24) is 0 Å². The maximum Gasteiger partial charge on any atom is 0.115 e. The zero-order valence-electron chi connectivity index (χ0n) is 19.3. The van der Waals surface area contributed by atoms with Gasteiger partial charge in [0, 0.05) is 6.61 Å². The molecule has 4 nitrogen and oxygen atoms in total. The first-order valence-corrected chi connectivity index (χ1v) is 11.7. The van der Waals surface area contributed by atoms with Crippen LogP contribution < -0.4 is 0 Å². The van der Waals surface area contributed by atoms with E-state index in [1.54, 1.807) is 24.3 Å². The van der Waals surface area contributed by atoms with E-state index < -0.39 is 0 Å². The summed E-state index contributed by atoms with van der Waals surface area (Å²) >= 11 is 0. The van der Waals surface area contributed by atoms with Crippen molar-refractivity contribution in [2.75, 3.05) is 19.8 Å². The molecule has 0 heterocycles. The van der Waals surface area contributed by atoms with Crippen LogP contribution in [0.3, 0.4) is 0 Å². The van der Waals surface area contributed by atoms with Gasteiger partial charge in [-0.25, -0.2) is 0 Å². The maximum atomic E-state index is 9.82. The average Bonchev–Trinajstić information content (AvgIpc) is 2.84. The smallest absolute Gasteiger partial charge is 0.115 e. The molecule has 0 aliphatic rings. The van der Waals surface area contributed by atoms with E-state index in [1.807, 2.05) is 24.3 Å². The molecule has 3 rings (SSSR count). The molecule has 0 fully saturated rings. The predicted molar refractivity (Wildman–Crippen MR) is 134 cm³/mol. The number of phenols is 2. The molecule has 0 spiro atoms. The van der Waals surface area contributed by atoms with E-state index >= 15 is 0 Å². The van der Waals surface area contributed by atoms with E-state index in [2.05, 4.69) is 31.2 Å². The number of hydrogen-bond donors (Lipinski definition) is 3. The summed E-state index contributed by atoms with van der Waals surface area (Å²) in [7, 11) is 0. The predicted octanol–water partition coefficient (Wildman–Crippen LogP) is 6.19. The number of aliphatic hydroxyl groups is 1. The van der Waals surface area contributed by atoms with Crippen molar-refractivity contribution in [1.29, 1.82) is 0 Å². The van der Waals surface area contributed by atoms with Crippen molar-refractivity contribution in [3.8, 4) is 11.5 Å². The molecule has 0 unspecified atom stereocenters. The lowest BCUT2D eigenvalue weighted by Gasteiger charge is -2.18. The van der Waals surface area contributed by atoms with Crippen molar-refractivity contribution in [2.24, 2.45) is 0 Å². The first-order chi connectivity index (χ1) is 16.1. The monoisotopic (exact) mass is 446 g/mol. The molecule has 0 bridgehead atoms. The highest BCUT2D eigenvalue weighted by Gasteiger charge is 2.14. The SMILES string of the molecule is CCCCC(=C(c1ccc(O)cc1)c1ccc(O)cc1)c1ccc(CCCOCCO)cc1. The third-order valence-corrected chi connectivity index (χ3v) is 5.69. The molecule has 0 aromatic heterocycles. The van der Waals surface area contributed by atoms with Gasteiger partial charge in [0.2, 0.25) is 0 Å². The Labute approximate surface area is 196 Å². The van der Waals surface area contributed by atoms with Gasteiger partial charge in [0.1, 0.15) is 11.5 Å². The fourth-order valence-electron chi connectivity index (χ4n) is 3.96. The number of unbranched alkanes of at least 4 members (excludes halogenated alkanes) is 1. The molecule has 3 aromatic carbocycles. The van der Waals surface area contributed by atoms with Crippen molar-refractivity contribution < 1.29 is 20.1 Å². The summed E-state index contributed by atoms with van der Waals surface area (Å²) in [6.45, 7) is 3.30. The second kappa shape index (κ2) is 12.8. The van der Waals surface area contributed by atoms with Crippen molar-refractivity contribution in [3.05, 3.63) is 95.1 Å². The van der Waals surface area contributed by atoms with E-state index in [4.69, 9.17) is 9.84 Å². The first-order valence-electron chi connectivity index (χ1n) is 11.7. The number of phenolic OH excluding ortho intramolecular Hbond substituents is 2. The fourth-order valence-corrected chi connectivity index (χ4v) is 3.96. The molecule has 0 atom stereocenters. The number of aromatic hydroxyl groups is 2. The molecule has 0 aliphatic heterocycles. The number of benzene rings is 3. The van der Waals surface area contributed by atoms with Gasteiger partial charge >= 0.3 is 0 Å². The molecule has 4 heteroatoms. The van der Waals surface area contributed by atoms with Gasteiger partial charge in [-0.15, -0.1) is 0 Å². The zero-order valence-corrected chi connectivity index (χ0v) is 19.3. The van der Waals surface area contributed by atoms with Gasteiger partial charge in [-0.2, -0.15) is 0 Å². The van der Waals surface area contributed by atoms with Gasteiger partial charge in [0.15, 0.2) is 0 Å². The lowest BCUT2D eigenvalue weighted by Crippen LogP contribution is -2.02. The number of aryl methyl sites for hydroxylation is 1. The van der Waals surface area contributed by atoms with Crippen LogP contribution in [0.15, 0.2) is 72.8 Å². The minimum absolute atomic E-state index is 0.0615. The molecular weight excluding hydrogens is 412 g/mol. The van der Waals surface area contributed by atoms with Gasteiger partial charge in [-0.1, -0.05) is 61.9 Å². The highest BCUT2D eigenvalue weighted by Crippen LogP contribution is 2.36. The summed E-state index contributed by atoms with van der Waals surface area (Å²) in [6.07, 6.45) is 4.95. The Morgan fingerprint density at radius 2 is 1.24 bits per heavy atom. The third kappa shape index (κ3) is 7.21. The van der Waals surface area contributed by atoms with Crippen LogP contribution in [0, 0.1) is 0 Å². The summed E-state index contributed by atoms with van der Waals surface area (Å²) < 4.78 is 5.36. The molecule has 0 amide bonds. The van der Waals surface area contributed by atoms with Crippen molar-refractivity contribution >= 4 is 11.1 Å². The fraction of sp³-hybridized carbons (Fsp3) is 0.310. The van der Waals surface area contributed by atoms with E-state index in [0.29, 0.717) is 13.2 Å². The van der Waals surface area contributed by atoms with Crippen LogP contribution in [0.5, 0.6) is 11.5 Å². The first kappa shape index (κ1) is 24.6. The quantitative estimate of drug-likeness (QED) is 0.229. The van der Waals surface area contributed by atoms with Crippen molar-refractivity contribution in [2.45, 2.75) is 39.0 Å². The van der Waals surface area contributed by atoms with Gasteiger partial charge in [-0.05, 0) is 83.3 Å². The van der Waals surface area contributed by atoms with Crippen LogP contribution in [0.4, 0.5) is 0 Å². The van der Waals surface area contributed by atoms with E-state index in [0.717, 1.165) is 48.8 Å². The summed E-state index contributed by atoms with van der Waals surface area (Å²) in [5.41, 5.74) is 6.89.